The van der Waals surface area contributed by atoms with Crippen molar-refractivity contribution in [3.05, 3.63) is 82.7 Å². The zero-order valence-electron chi connectivity index (χ0n) is 14.6. The fourth-order valence-corrected chi connectivity index (χ4v) is 2.86. The van der Waals surface area contributed by atoms with Crippen LogP contribution >= 0.6 is 0 Å². The topological polar surface area (TPSA) is 65.7 Å². The lowest BCUT2D eigenvalue weighted by molar-refractivity contribution is -0.136. The minimum atomic E-state index is -0.543. The monoisotopic (exact) mass is 360 g/mol. The lowest BCUT2D eigenvalue weighted by Gasteiger charge is -2.08. The molecular weight excluding hydrogens is 344 g/mol. The van der Waals surface area contributed by atoms with Crippen LogP contribution in [0, 0.1) is 6.92 Å². The van der Waals surface area contributed by atoms with Crippen molar-refractivity contribution in [2.24, 2.45) is 0 Å². The lowest BCUT2D eigenvalue weighted by Crippen LogP contribution is -2.17. The minimum absolute atomic E-state index is 0.219. The van der Waals surface area contributed by atoms with Gasteiger partial charge in [-0.1, -0.05) is 35.9 Å². The van der Waals surface area contributed by atoms with Crippen molar-refractivity contribution in [2.75, 3.05) is 6.61 Å². The number of carbonyl (C=O) groups is 1. The molecule has 0 saturated heterocycles. The first-order valence-corrected chi connectivity index (χ1v) is 8.46. The Kier molecular flexibility index (Phi) is 4.34. The number of carbonyl (C=O) groups excluding carboxylic acids is 1. The Labute approximate surface area is 154 Å². The van der Waals surface area contributed by atoms with Gasteiger partial charge in [0.25, 0.3) is 0 Å². The van der Waals surface area contributed by atoms with Crippen LogP contribution in [0.4, 0.5) is 0 Å². The van der Waals surface area contributed by atoms with E-state index < -0.39 is 11.6 Å². The molecule has 0 saturated carbocycles. The second-order valence-electron chi connectivity index (χ2n) is 6.17. The van der Waals surface area contributed by atoms with E-state index in [2.05, 4.69) is 0 Å². The quantitative estimate of drug-likeness (QED) is 0.236. The molecule has 0 radical (unpaired) electrons. The van der Waals surface area contributed by atoms with Gasteiger partial charge < -0.3 is 13.9 Å². The summed E-state index contributed by atoms with van der Waals surface area (Å²) in [6, 6.07) is 19.6. The molecule has 134 valence electrons. The maximum absolute atomic E-state index is 12.1. The molecule has 4 rings (SSSR count). The van der Waals surface area contributed by atoms with E-state index >= 15 is 0 Å². The van der Waals surface area contributed by atoms with Crippen LogP contribution in [0.1, 0.15) is 5.56 Å². The van der Waals surface area contributed by atoms with Crippen molar-refractivity contribution < 1.29 is 18.7 Å². The van der Waals surface area contributed by atoms with Crippen LogP contribution in [0.3, 0.4) is 0 Å². The summed E-state index contributed by atoms with van der Waals surface area (Å²) in [7, 11) is 0. The number of esters is 1. The molecule has 0 aliphatic rings. The maximum atomic E-state index is 12.1. The van der Waals surface area contributed by atoms with E-state index in [0.29, 0.717) is 22.5 Å². The average Bonchev–Trinajstić information content (AvgIpc) is 2.68. The predicted molar refractivity (Wildman–Crippen MR) is 102 cm³/mol. The highest BCUT2D eigenvalue weighted by atomic mass is 16.6. The Hall–Kier alpha value is -3.60. The summed E-state index contributed by atoms with van der Waals surface area (Å²) in [6.45, 7) is 1.75. The van der Waals surface area contributed by atoms with Crippen LogP contribution in [0.2, 0.25) is 0 Å². The van der Waals surface area contributed by atoms with Crippen molar-refractivity contribution in [1.82, 2.24) is 0 Å². The van der Waals surface area contributed by atoms with Crippen LogP contribution < -0.4 is 15.1 Å². The van der Waals surface area contributed by atoms with Gasteiger partial charge in [-0.15, -0.1) is 0 Å². The molecular formula is C22H16O5. The van der Waals surface area contributed by atoms with E-state index in [0.717, 1.165) is 16.3 Å². The number of fused-ring (bicyclic) bond motifs is 3. The van der Waals surface area contributed by atoms with E-state index in [4.69, 9.17) is 13.9 Å². The highest BCUT2D eigenvalue weighted by Gasteiger charge is 2.11. The van der Waals surface area contributed by atoms with E-state index in [1.54, 1.807) is 36.4 Å². The zero-order valence-corrected chi connectivity index (χ0v) is 14.6. The first-order valence-electron chi connectivity index (χ1n) is 8.46. The number of aryl methyl sites for hydroxylation is 1. The van der Waals surface area contributed by atoms with Gasteiger partial charge in [0, 0.05) is 11.5 Å². The summed E-state index contributed by atoms with van der Waals surface area (Å²) in [5, 5.41) is 2.09. The smallest absolute Gasteiger partial charge is 0.349 e. The van der Waals surface area contributed by atoms with Gasteiger partial charge in [0.15, 0.2) is 6.61 Å². The van der Waals surface area contributed by atoms with Crippen LogP contribution in [-0.4, -0.2) is 12.6 Å². The first kappa shape index (κ1) is 16.8. The van der Waals surface area contributed by atoms with Crippen molar-refractivity contribution in [1.29, 1.82) is 0 Å². The Morgan fingerprint density at radius 1 is 0.889 bits per heavy atom. The second kappa shape index (κ2) is 6.96. The molecule has 1 aromatic heterocycles. The third-order valence-electron chi connectivity index (χ3n) is 4.20. The van der Waals surface area contributed by atoms with Gasteiger partial charge in [-0.3, -0.25) is 0 Å². The number of rotatable bonds is 4. The SMILES string of the molecule is Cc1ccc(OCC(=O)Oc2ccc3c(c2)oc(=O)c2ccccc23)cc1. The van der Waals surface area contributed by atoms with Gasteiger partial charge in [0.05, 0.1) is 5.39 Å². The molecule has 0 aliphatic heterocycles. The molecule has 0 bridgehead atoms. The molecule has 0 amide bonds. The van der Waals surface area contributed by atoms with Gasteiger partial charge in [-0.2, -0.15) is 0 Å². The average molecular weight is 360 g/mol. The molecule has 0 N–H and O–H groups in total. The summed E-state index contributed by atoms with van der Waals surface area (Å²) in [6.07, 6.45) is 0. The third-order valence-corrected chi connectivity index (χ3v) is 4.20. The molecule has 0 atom stereocenters. The number of hydrogen-bond acceptors (Lipinski definition) is 5. The maximum Gasteiger partial charge on any atom is 0.349 e. The fourth-order valence-electron chi connectivity index (χ4n) is 2.86. The number of benzene rings is 3. The van der Waals surface area contributed by atoms with Gasteiger partial charge in [-0.25, -0.2) is 9.59 Å². The first-order chi connectivity index (χ1) is 13.1. The lowest BCUT2D eigenvalue weighted by atomic mass is 10.1. The summed E-state index contributed by atoms with van der Waals surface area (Å²) in [5.74, 6) is 0.338. The van der Waals surface area contributed by atoms with Crippen molar-refractivity contribution in [2.45, 2.75) is 6.92 Å². The summed E-state index contributed by atoms with van der Waals surface area (Å²) in [4.78, 5) is 24.1. The molecule has 27 heavy (non-hydrogen) atoms. The molecule has 1 heterocycles. The Bertz CT molecular complexity index is 1190. The van der Waals surface area contributed by atoms with Crippen LogP contribution in [-0.2, 0) is 4.79 Å². The van der Waals surface area contributed by atoms with Crippen molar-refractivity contribution in [3.8, 4) is 11.5 Å². The molecule has 0 aliphatic carbocycles. The van der Waals surface area contributed by atoms with Gasteiger partial charge in [-0.05, 0) is 42.6 Å². The number of ether oxygens (including phenoxy) is 2. The van der Waals surface area contributed by atoms with Crippen LogP contribution in [0.5, 0.6) is 11.5 Å². The highest BCUT2D eigenvalue weighted by molar-refractivity contribution is 6.04. The normalized spacial score (nSPS) is 10.9. The van der Waals surface area contributed by atoms with E-state index in [1.165, 1.54) is 6.07 Å². The Morgan fingerprint density at radius 3 is 2.37 bits per heavy atom. The third kappa shape index (κ3) is 3.53. The summed E-state index contributed by atoms with van der Waals surface area (Å²) >= 11 is 0. The van der Waals surface area contributed by atoms with Crippen molar-refractivity contribution in [3.63, 3.8) is 0 Å². The Balaban J connectivity index is 1.53. The molecule has 0 unspecified atom stereocenters. The molecule has 4 aromatic rings. The van der Waals surface area contributed by atoms with Gasteiger partial charge in [0.1, 0.15) is 17.1 Å². The molecule has 5 nitrogen and oxygen atoms in total. The van der Waals surface area contributed by atoms with E-state index in [9.17, 15) is 9.59 Å². The number of hydrogen-bond donors (Lipinski definition) is 0. The fraction of sp³-hybridized carbons (Fsp3) is 0.0909. The Morgan fingerprint density at radius 2 is 1.59 bits per heavy atom. The highest BCUT2D eigenvalue weighted by Crippen LogP contribution is 2.26. The minimum Gasteiger partial charge on any atom is -0.482 e. The van der Waals surface area contributed by atoms with Gasteiger partial charge >= 0.3 is 11.6 Å². The standard InChI is InChI=1S/C22H16O5/c1-14-6-8-15(9-7-14)25-13-21(23)26-16-10-11-18-17-4-2-3-5-19(17)22(24)27-20(18)12-16/h2-12H,13H2,1H3. The largest absolute Gasteiger partial charge is 0.482 e. The molecule has 0 spiro atoms. The summed E-state index contributed by atoms with van der Waals surface area (Å²) in [5.41, 5.74) is 1.04. The zero-order chi connectivity index (χ0) is 18.8. The van der Waals surface area contributed by atoms with Gasteiger partial charge in [0.2, 0.25) is 0 Å². The molecule has 5 heteroatoms. The summed E-state index contributed by atoms with van der Waals surface area (Å²) < 4.78 is 16.1. The van der Waals surface area contributed by atoms with Crippen LogP contribution in [0.25, 0.3) is 21.7 Å². The molecule has 0 fully saturated rings. The van der Waals surface area contributed by atoms with Crippen molar-refractivity contribution >= 4 is 27.7 Å². The molecule has 3 aromatic carbocycles. The van der Waals surface area contributed by atoms with E-state index in [1.807, 2.05) is 31.2 Å². The van der Waals surface area contributed by atoms with E-state index in [-0.39, 0.29) is 6.61 Å². The second-order valence-corrected chi connectivity index (χ2v) is 6.17. The van der Waals surface area contributed by atoms with Crippen LogP contribution in [0.15, 0.2) is 75.9 Å². The predicted octanol–water partition coefficient (Wildman–Crippen LogP) is 4.24.